The molecule has 1 unspecified atom stereocenters. The Hall–Kier alpha value is -2.60. The van der Waals surface area contributed by atoms with Crippen LogP contribution in [0.5, 0.6) is 0 Å². The Morgan fingerprint density at radius 1 is 1.14 bits per heavy atom. The van der Waals surface area contributed by atoms with E-state index >= 15 is 0 Å². The van der Waals surface area contributed by atoms with Crippen LogP contribution in [0.2, 0.25) is 5.02 Å². The number of carbonyl (C=O) groups excluding carboxylic acids is 1. The predicted molar refractivity (Wildman–Crippen MR) is 107 cm³/mol. The number of benzene rings is 1. The van der Waals surface area contributed by atoms with E-state index in [1.165, 1.54) is 0 Å². The molecule has 0 amide bonds. The van der Waals surface area contributed by atoms with Gasteiger partial charge in [0.25, 0.3) is 0 Å². The van der Waals surface area contributed by atoms with Gasteiger partial charge in [0.15, 0.2) is 0 Å². The first kappa shape index (κ1) is 17.5. The number of fused-ring (bicyclic) bond motifs is 1. The summed E-state index contributed by atoms with van der Waals surface area (Å²) in [5.74, 6) is 0.859. The zero-order valence-electron chi connectivity index (χ0n) is 15.4. The number of rotatable bonds is 3. The maximum atomic E-state index is 12.7. The van der Waals surface area contributed by atoms with E-state index < -0.39 is 0 Å². The molecule has 1 aromatic carbocycles. The standard InChI is InChI=1S/C21H21ClN4O2/c22-15-5-6-19(23-12-15)25-9-7-21(8-10-25)11-16(28-20(21)27)13-26-14-24-17-3-1-2-4-18(17)26/h1-6,12,14,16H,7-11,13H2. The van der Waals surface area contributed by atoms with Gasteiger partial charge in [0.05, 0.1) is 34.3 Å². The Bertz CT molecular complexity index is 1010. The molecule has 1 spiro atoms. The number of ether oxygens (including phenoxy) is 1. The Morgan fingerprint density at radius 2 is 1.96 bits per heavy atom. The Labute approximate surface area is 168 Å². The van der Waals surface area contributed by atoms with E-state index in [9.17, 15) is 4.79 Å². The number of nitrogens with zero attached hydrogens (tertiary/aromatic N) is 4. The van der Waals surface area contributed by atoms with Crippen LogP contribution < -0.4 is 4.90 Å². The van der Waals surface area contributed by atoms with Crippen LogP contribution in [0.3, 0.4) is 0 Å². The van der Waals surface area contributed by atoms with Gasteiger partial charge in [0.2, 0.25) is 0 Å². The van der Waals surface area contributed by atoms with Gasteiger partial charge in [-0.25, -0.2) is 9.97 Å². The van der Waals surface area contributed by atoms with E-state index in [2.05, 4.69) is 19.4 Å². The second kappa shape index (κ2) is 6.78. The maximum absolute atomic E-state index is 12.7. The summed E-state index contributed by atoms with van der Waals surface area (Å²) in [7, 11) is 0. The lowest BCUT2D eigenvalue weighted by Crippen LogP contribution is -2.42. The van der Waals surface area contributed by atoms with Gasteiger partial charge in [-0.05, 0) is 37.1 Å². The van der Waals surface area contributed by atoms with E-state index in [0.29, 0.717) is 11.6 Å². The maximum Gasteiger partial charge on any atom is 0.312 e. The van der Waals surface area contributed by atoms with E-state index in [4.69, 9.17) is 16.3 Å². The lowest BCUT2D eigenvalue weighted by molar-refractivity contribution is -0.150. The van der Waals surface area contributed by atoms with Crippen molar-refractivity contribution in [1.29, 1.82) is 0 Å². The van der Waals surface area contributed by atoms with Crippen LogP contribution in [0.4, 0.5) is 5.82 Å². The fraction of sp³-hybridized carbons (Fsp3) is 0.381. The van der Waals surface area contributed by atoms with Gasteiger partial charge in [-0.1, -0.05) is 23.7 Å². The topological polar surface area (TPSA) is 60.3 Å². The largest absolute Gasteiger partial charge is 0.460 e. The molecule has 0 N–H and O–H groups in total. The van der Waals surface area contributed by atoms with Crippen molar-refractivity contribution in [3.63, 3.8) is 0 Å². The molecule has 28 heavy (non-hydrogen) atoms. The number of hydrogen-bond donors (Lipinski definition) is 0. The number of anilines is 1. The number of imidazole rings is 1. The molecule has 2 aliphatic rings. The highest BCUT2D eigenvalue weighted by Crippen LogP contribution is 2.44. The average molecular weight is 397 g/mol. The Morgan fingerprint density at radius 3 is 2.75 bits per heavy atom. The summed E-state index contributed by atoms with van der Waals surface area (Å²) in [6.07, 6.45) is 5.73. The van der Waals surface area contributed by atoms with Gasteiger partial charge in [-0.2, -0.15) is 0 Å². The van der Waals surface area contributed by atoms with Crippen molar-refractivity contribution >= 4 is 34.4 Å². The van der Waals surface area contributed by atoms with Gasteiger partial charge in [0.1, 0.15) is 11.9 Å². The molecule has 0 saturated carbocycles. The van der Waals surface area contributed by atoms with Gasteiger partial charge in [0, 0.05) is 25.7 Å². The van der Waals surface area contributed by atoms with Crippen LogP contribution in [0, 0.1) is 5.41 Å². The van der Waals surface area contributed by atoms with Crippen LogP contribution in [0.1, 0.15) is 19.3 Å². The van der Waals surface area contributed by atoms with E-state index in [1.54, 1.807) is 6.20 Å². The van der Waals surface area contributed by atoms with Crippen molar-refractivity contribution in [2.24, 2.45) is 5.41 Å². The highest BCUT2D eigenvalue weighted by Gasteiger charge is 2.50. The summed E-state index contributed by atoms with van der Waals surface area (Å²) < 4.78 is 7.88. The number of piperidine rings is 1. The van der Waals surface area contributed by atoms with Gasteiger partial charge >= 0.3 is 5.97 Å². The van der Waals surface area contributed by atoms with Gasteiger partial charge in [-0.15, -0.1) is 0 Å². The number of cyclic esters (lactones) is 1. The molecular formula is C21H21ClN4O2. The third-order valence-electron chi connectivity index (χ3n) is 6.01. The lowest BCUT2D eigenvalue weighted by Gasteiger charge is -2.37. The number of pyridine rings is 1. The van der Waals surface area contributed by atoms with Crippen molar-refractivity contribution in [3.05, 3.63) is 53.9 Å². The second-order valence-corrected chi connectivity index (χ2v) is 8.16. The lowest BCUT2D eigenvalue weighted by atomic mass is 9.76. The summed E-state index contributed by atoms with van der Waals surface area (Å²) in [5.41, 5.74) is 1.66. The second-order valence-electron chi connectivity index (χ2n) is 7.72. The number of hydrogen-bond acceptors (Lipinski definition) is 5. The molecule has 2 aliphatic heterocycles. The predicted octanol–water partition coefficient (Wildman–Crippen LogP) is 3.69. The van der Waals surface area contributed by atoms with Crippen LogP contribution in [0.25, 0.3) is 11.0 Å². The molecule has 0 radical (unpaired) electrons. The number of para-hydroxylation sites is 2. The molecule has 2 saturated heterocycles. The van der Waals surface area contributed by atoms with E-state index in [0.717, 1.165) is 49.2 Å². The molecule has 3 aromatic rings. The van der Waals surface area contributed by atoms with Crippen molar-refractivity contribution in [2.45, 2.75) is 31.9 Å². The summed E-state index contributed by atoms with van der Waals surface area (Å²) in [5, 5.41) is 0.631. The fourth-order valence-corrected chi connectivity index (χ4v) is 4.55. The van der Waals surface area contributed by atoms with E-state index in [-0.39, 0.29) is 17.5 Å². The first-order valence-corrected chi connectivity index (χ1v) is 9.98. The minimum Gasteiger partial charge on any atom is -0.460 e. The monoisotopic (exact) mass is 396 g/mol. The molecule has 7 heteroatoms. The summed E-state index contributed by atoms with van der Waals surface area (Å²) >= 11 is 5.93. The molecule has 144 valence electrons. The smallest absolute Gasteiger partial charge is 0.312 e. The van der Waals surface area contributed by atoms with E-state index in [1.807, 2.05) is 42.7 Å². The summed E-state index contributed by atoms with van der Waals surface area (Å²) in [6, 6.07) is 11.8. The molecule has 2 aromatic heterocycles. The van der Waals surface area contributed by atoms with Crippen LogP contribution in [-0.2, 0) is 16.1 Å². The van der Waals surface area contributed by atoms with Crippen molar-refractivity contribution in [2.75, 3.05) is 18.0 Å². The van der Waals surface area contributed by atoms with Crippen LogP contribution >= 0.6 is 11.6 Å². The number of aromatic nitrogens is 3. The zero-order chi connectivity index (χ0) is 19.1. The quantitative estimate of drug-likeness (QED) is 0.632. The third-order valence-corrected chi connectivity index (χ3v) is 6.23. The molecule has 1 atom stereocenters. The Balaban J connectivity index is 1.27. The Kier molecular flexibility index (Phi) is 4.23. The molecule has 6 nitrogen and oxygen atoms in total. The van der Waals surface area contributed by atoms with Crippen LogP contribution in [0.15, 0.2) is 48.9 Å². The summed E-state index contributed by atoms with van der Waals surface area (Å²) in [4.78, 5) is 23.8. The molecule has 5 rings (SSSR count). The van der Waals surface area contributed by atoms with Crippen molar-refractivity contribution in [1.82, 2.24) is 14.5 Å². The average Bonchev–Trinajstić information content (AvgIpc) is 3.25. The first-order valence-electron chi connectivity index (χ1n) is 9.60. The fourth-order valence-electron chi connectivity index (χ4n) is 4.44. The zero-order valence-corrected chi connectivity index (χ0v) is 16.2. The molecule has 0 aliphatic carbocycles. The molecule has 0 bridgehead atoms. The van der Waals surface area contributed by atoms with Crippen LogP contribution in [-0.4, -0.2) is 39.7 Å². The highest BCUT2D eigenvalue weighted by atomic mass is 35.5. The van der Waals surface area contributed by atoms with Gasteiger partial charge in [-0.3, -0.25) is 4.79 Å². The highest BCUT2D eigenvalue weighted by molar-refractivity contribution is 6.30. The van der Waals surface area contributed by atoms with Crippen molar-refractivity contribution < 1.29 is 9.53 Å². The molecular weight excluding hydrogens is 376 g/mol. The third kappa shape index (κ3) is 3.02. The summed E-state index contributed by atoms with van der Waals surface area (Å²) in [6.45, 7) is 2.24. The molecule has 4 heterocycles. The minimum absolute atomic E-state index is 0.0503. The first-order chi connectivity index (χ1) is 13.6. The number of carbonyl (C=O) groups is 1. The normalized spacial score (nSPS) is 21.4. The van der Waals surface area contributed by atoms with Gasteiger partial charge < -0.3 is 14.2 Å². The number of halogens is 1. The number of esters is 1. The minimum atomic E-state index is -0.371. The van der Waals surface area contributed by atoms with Crippen molar-refractivity contribution in [3.8, 4) is 0 Å². The molecule has 2 fully saturated rings. The SMILES string of the molecule is O=C1OC(Cn2cnc3ccccc32)CC12CCN(c1ccc(Cl)cn1)CC2.